The molecule has 1 aliphatic heterocycles. The van der Waals surface area contributed by atoms with Gasteiger partial charge in [0.25, 0.3) is 0 Å². The molecule has 0 bridgehead atoms. The third kappa shape index (κ3) is 6.53. The molecule has 5 nitrogen and oxygen atoms in total. The van der Waals surface area contributed by atoms with Crippen LogP contribution >= 0.6 is 11.6 Å². The molecule has 3 rings (SSSR count). The average molecular weight is 416 g/mol. The lowest BCUT2D eigenvalue weighted by atomic mass is 9.80. The average Bonchev–Trinajstić information content (AvgIpc) is 2.70. The number of carbonyl (C=O) groups excluding carboxylic acids is 1. The summed E-state index contributed by atoms with van der Waals surface area (Å²) < 4.78 is 5.22. The number of rotatable bonds is 8. The summed E-state index contributed by atoms with van der Waals surface area (Å²) >= 11 is 6.10. The minimum absolute atomic E-state index is 0.185. The van der Waals surface area contributed by atoms with E-state index in [0.29, 0.717) is 25.0 Å². The van der Waals surface area contributed by atoms with E-state index in [-0.39, 0.29) is 12.5 Å². The van der Waals surface area contributed by atoms with Gasteiger partial charge in [-0.25, -0.2) is 0 Å². The molecular weight excluding hydrogens is 386 g/mol. The highest BCUT2D eigenvalue weighted by atomic mass is 35.5. The maximum Gasteiger partial charge on any atom is 0.320 e. The molecule has 0 N–H and O–H groups in total. The van der Waals surface area contributed by atoms with Crippen molar-refractivity contribution in [2.75, 3.05) is 39.8 Å². The molecule has 1 unspecified atom stereocenters. The van der Waals surface area contributed by atoms with Gasteiger partial charge >= 0.3 is 5.97 Å². The Labute approximate surface area is 178 Å². The fourth-order valence-corrected chi connectivity index (χ4v) is 4.30. The van der Waals surface area contributed by atoms with Crippen molar-refractivity contribution in [2.24, 2.45) is 5.92 Å². The van der Waals surface area contributed by atoms with Crippen molar-refractivity contribution >= 4 is 17.6 Å². The van der Waals surface area contributed by atoms with Crippen molar-refractivity contribution in [3.05, 3.63) is 64.9 Å². The molecule has 156 valence electrons. The van der Waals surface area contributed by atoms with E-state index in [0.717, 1.165) is 36.8 Å². The number of benzene rings is 1. The SMILES string of the molecule is CCOC(=O)CN(Cc1ccccn1)C[C@@H]1CN(C)CCC1c1ccc(Cl)cc1. The molecule has 0 amide bonds. The number of esters is 1. The van der Waals surface area contributed by atoms with Gasteiger partial charge in [-0.15, -0.1) is 0 Å². The van der Waals surface area contributed by atoms with E-state index in [1.165, 1.54) is 5.56 Å². The fraction of sp³-hybridized carbons (Fsp3) is 0.478. The Morgan fingerprint density at radius 3 is 2.76 bits per heavy atom. The Hall–Kier alpha value is -1.95. The number of ether oxygens (including phenoxy) is 1. The van der Waals surface area contributed by atoms with Gasteiger partial charge in [-0.05, 0) is 68.6 Å². The van der Waals surface area contributed by atoms with Crippen molar-refractivity contribution in [1.29, 1.82) is 0 Å². The summed E-state index contributed by atoms with van der Waals surface area (Å²) in [4.78, 5) is 21.2. The molecule has 0 radical (unpaired) electrons. The molecule has 1 fully saturated rings. The molecule has 1 saturated heterocycles. The van der Waals surface area contributed by atoms with Gasteiger partial charge in [0.05, 0.1) is 18.8 Å². The highest BCUT2D eigenvalue weighted by Gasteiger charge is 2.31. The van der Waals surface area contributed by atoms with E-state index < -0.39 is 0 Å². The lowest BCUT2D eigenvalue weighted by Crippen LogP contribution is -2.44. The predicted molar refractivity (Wildman–Crippen MR) is 116 cm³/mol. The first-order valence-corrected chi connectivity index (χ1v) is 10.6. The van der Waals surface area contributed by atoms with E-state index in [1.807, 2.05) is 37.3 Å². The van der Waals surface area contributed by atoms with Crippen LogP contribution in [-0.4, -0.2) is 60.6 Å². The van der Waals surface area contributed by atoms with Crippen molar-refractivity contribution in [1.82, 2.24) is 14.8 Å². The third-order valence-electron chi connectivity index (χ3n) is 5.50. The van der Waals surface area contributed by atoms with Crippen LogP contribution in [0.25, 0.3) is 0 Å². The number of likely N-dealkylation sites (tertiary alicyclic amines) is 1. The summed E-state index contributed by atoms with van der Waals surface area (Å²) in [7, 11) is 2.17. The molecule has 29 heavy (non-hydrogen) atoms. The number of piperidine rings is 1. The van der Waals surface area contributed by atoms with E-state index in [4.69, 9.17) is 16.3 Å². The summed E-state index contributed by atoms with van der Waals surface area (Å²) in [5.41, 5.74) is 2.28. The normalized spacial score (nSPS) is 20.0. The predicted octanol–water partition coefficient (Wildman–Crippen LogP) is 3.84. The Bertz CT molecular complexity index is 769. The molecule has 0 aliphatic carbocycles. The second-order valence-corrected chi connectivity index (χ2v) is 8.20. The molecule has 6 heteroatoms. The zero-order valence-corrected chi connectivity index (χ0v) is 18.0. The standard InChI is InChI=1S/C23H30ClN3O2/c1-3-29-23(28)17-27(16-21-6-4-5-12-25-21)15-19-14-26(2)13-11-22(19)18-7-9-20(24)10-8-18/h4-10,12,19,22H,3,11,13-17H2,1-2H3/t19-,22?/m0/s1. The molecule has 2 atom stereocenters. The molecule has 2 heterocycles. The largest absolute Gasteiger partial charge is 0.465 e. The fourth-order valence-electron chi connectivity index (χ4n) is 4.17. The van der Waals surface area contributed by atoms with Gasteiger partial charge in [0.15, 0.2) is 0 Å². The maximum absolute atomic E-state index is 12.2. The second-order valence-electron chi connectivity index (χ2n) is 7.76. The van der Waals surface area contributed by atoms with Crippen LogP contribution in [0, 0.1) is 5.92 Å². The zero-order valence-electron chi connectivity index (χ0n) is 17.3. The van der Waals surface area contributed by atoms with Crippen molar-refractivity contribution < 1.29 is 9.53 Å². The van der Waals surface area contributed by atoms with Gasteiger partial charge < -0.3 is 9.64 Å². The van der Waals surface area contributed by atoms with Crippen LogP contribution in [-0.2, 0) is 16.1 Å². The van der Waals surface area contributed by atoms with E-state index >= 15 is 0 Å². The highest BCUT2D eigenvalue weighted by molar-refractivity contribution is 6.30. The number of halogens is 1. The quantitative estimate of drug-likeness (QED) is 0.613. The van der Waals surface area contributed by atoms with Crippen LogP contribution in [0.2, 0.25) is 5.02 Å². The topological polar surface area (TPSA) is 45.7 Å². The van der Waals surface area contributed by atoms with Gasteiger partial charge in [0, 0.05) is 30.9 Å². The van der Waals surface area contributed by atoms with Gasteiger partial charge in [0.2, 0.25) is 0 Å². The second kappa shape index (κ2) is 10.7. The maximum atomic E-state index is 12.2. The number of hydrogen-bond donors (Lipinski definition) is 0. The third-order valence-corrected chi connectivity index (χ3v) is 5.75. The minimum atomic E-state index is -0.185. The molecule has 0 saturated carbocycles. The molecule has 1 aliphatic rings. The lowest BCUT2D eigenvalue weighted by molar-refractivity contribution is -0.144. The van der Waals surface area contributed by atoms with Crippen molar-refractivity contribution in [3.8, 4) is 0 Å². The zero-order chi connectivity index (χ0) is 20.6. The van der Waals surface area contributed by atoms with Gasteiger partial charge in [-0.3, -0.25) is 14.7 Å². The first-order chi connectivity index (χ1) is 14.0. The van der Waals surface area contributed by atoms with Crippen LogP contribution < -0.4 is 0 Å². The summed E-state index contributed by atoms with van der Waals surface area (Å²) in [6, 6.07) is 14.1. The summed E-state index contributed by atoms with van der Waals surface area (Å²) in [6.45, 7) is 6.03. The van der Waals surface area contributed by atoms with Crippen LogP contribution in [0.1, 0.15) is 30.5 Å². The summed E-state index contributed by atoms with van der Waals surface area (Å²) in [6.07, 6.45) is 2.89. The Morgan fingerprint density at radius 2 is 2.07 bits per heavy atom. The van der Waals surface area contributed by atoms with Crippen LogP contribution in [0.3, 0.4) is 0 Å². The Morgan fingerprint density at radius 1 is 1.28 bits per heavy atom. The van der Waals surface area contributed by atoms with Crippen LogP contribution in [0.15, 0.2) is 48.7 Å². The van der Waals surface area contributed by atoms with Gasteiger partial charge in [-0.2, -0.15) is 0 Å². The van der Waals surface area contributed by atoms with E-state index in [2.05, 4.69) is 34.0 Å². The Kier molecular flexibility index (Phi) is 8.04. The van der Waals surface area contributed by atoms with Gasteiger partial charge in [-0.1, -0.05) is 29.8 Å². The molecular formula is C23H30ClN3O2. The molecule has 0 spiro atoms. The van der Waals surface area contributed by atoms with Gasteiger partial charge in [0.1, 0.15) is 0 Å². The summed E-state index contributed by atoms with van der Waals surface area (Å²) in [5.74, 6) is 0.667. The first kappa shape index (κ1) is 21.8. The van der Waals surface area contributed by atoms with Crippen LogP contribution in [0.4, 0.5) is 0 Å². The Balaban J connectivity index is 1.77. The van der Waals surface area contributed by atoms with E-state index in [1.54, 1.807) is 6.20 Å². The molecule has 2 aromatic rings. The number of aromatic nitrogens is 1. The first-order valence-electron chi connectivity index (χ1n) is 10.3. The number of carbonyl (C=O) groups is 1. The minimum Gasteiger partial charge on any atom is -0.465 e. The van der Waals surface area contributed by atoms with Crippen LogP contribution in [0.5, 0.6) is 0 Å². The molecule has 1 aromatic carbocycles. The van der Waals surface area contributed by atoms with Crippen molar-refractivity contribution in [2.45, 2.75) is 25.8 Å². The van der Waals surface area contributed by atoms with E-state index in [9.17, 15) is 4.79 Å². The lowest BCUT2D eigenvalue weighted by Gasteiger charge is -2.39. The number of nitrogens with zero attached hydrogens (tertiary/aromatic N) is 3. The highest BCUT2D eigenvalue weighted by Crippen LogP contribution is 2.34. The smallest absolute Gasteiger partial charge is 0.320 e. The number of pyridine rings is 1. The number of hydrogen-bond acceptors (Lipinski definition) is 5. The summed E-state index contributed by atoms with van der Waals surface area (Å²) in [5, 5.41) is 0.761. The monoisotopic (exact) mass is 415 g/mol. The van der Waals surface area contributed by atoms with Crippen molar-refractivity contribution in [3.63, 3.8) is 0 Å². The molecule has 1 aromatic heterocycles.